The molecule has 1 aromatic rings. The third-order valence-electron chi connectivity index (χ3n) is 1.83. The number of aliphatic imine (C=N–C) groups is 1. The number of rotatable bonds is 2. The number of hydroxylamine groups is 2. The Morgan fingerprint density at radius 1 is 1.43 bits per heavy atom. The maximum atomic E-state index is 5.98. The zero-order valence-electron chi connectivity index (χ0n) is 7.28. The van der Waals surface area contributed by atoms with Crippen molar-refractivity contribution in [1.29, 1.82) is 0 Å². The molecule has 0 spiro atoms. The van der Waals surface area contributed by atoms with Crippen LogP contribution in [0.1, 0.15) is 5.56 Å². The highest BCUT2D eigenvalue weighted by Crippen LogP contribution is 2.19. The van der Waals surface area contributed by atoms with Crippen molar-refractivity contribution in [1.82, 2.24) is 5.06 Å². The van der Waals surface area contributed by atoms with Gasteiger partial charge < -0.3 is 4.84 Å². The van der Waals surface area contributed by atoms with Gasteiger partial charge in [-0.15, -0.1) is 16.7 Å². The van der Waals surface area contributed by atoms with E-state index in [2.05, 4.69) is 4.99 Å². The summed E-state index contributed by atoms with van der Waals surface area (Å²) < 4.78 is 0. The van der Waals surface area contributed by atoms with E-state index in [0.29, 0.717) is 17.6 Å². The van der Waals surface area contributed by atoms with Gasteiger partial charge in [-0.2, -0.15) is 0 Å². The van der Waals surface area contributed by atoms with Gasteiger partial charge in [0, 0.05) is 0 Å². The standard InChI is InChI=1S/C9H8Cl2N2O/c10-5-13-6-12-9(14-13)7-3-1-2-4-8(7)11/h1-4H,5-6H2. The van der Waals surface area contributed by atoms with E-state index in [9.17, 15) is 0 Å². The van der Waals surface area contributed by atoms with Gasteiger partial charge in [-0.1, -0.05) is 23.7 Å². The van der Waals surface area contributed by atoms with Crippen molar-refractivity contribution in [3.63, 3.8) is 0 Å². The van der Waals surface area contributed by atoms with Crippen molar-refractivity contribution in [3.8, 4) is 0 Å². The van der Waals surface area contributed by atoms with Crippen LogP contribution in [0, 0.1) is 0 Å². The maximum absolute atomic E-state index is 5.98. The molecule has 0 amide bonds. The second-order valence-electron chi connectivity index (χ2n) is 2.78. The van der Waals surface area contributed by atoms with Gasteiger partial charge >= 0.3 is 0 Å². The van der Waals surface area contributed by atoms with Crippen LogP contribution >= 0.6 is 23.2 Å². The van der Waals surface area contributed by atoms with E-state index in [4.69, 9.17) is 28.0 Å². The first kappa shape index (κ1) is 9.77. The normalized spacial score (nSPS) is 16.6. The van der Waals surface area contributed by atoms with Crippen molar-refractivity contribution in [2.75, 3.05) is 12.7 Å². The van der Waals surface area contributed by atoms with E-state index in [0.717, 1.165) is 5.56 Å². The molecule has 0 unspecified atom stereocenters. The van der Waals surface area contributed by atoms with E-state index in [-0.39, 0.29) is 6.00 Å². The zero-order chi connectivity index (χ0) is 9.97. The van der Waals surface area contributed by atoms with Crippen LogP contribution in [0.4, 0.5) is 0 Å². The minimum Gasteiger partial charge on any atom is -0.382 e. The molecule has 74 valence electrons. The summed E-state index contributed by atoms with van der Waals surface area (Å²) >= 11 is 11.6. The second kappa shape index (κ2) is 4.17. The predicted molar refractivity (Wildman–Crippen MR) is 56.5 cm³/mol. The fraction of sp³-hybridized carbons (Fsp3) is 0.222. The summed E-state index contributed by atoms with van der Waals surface area (Å²) in [5.41, 5.74) is 0.793. The number of benzene rings is 1. The van der Waals surface area contributed by atoms with Crippen LogP contribution in [0.2, 0.25) is 5.02 Å². The minimum atomic E-state index is 0.289. The molecule has 1 aliphatic rings. The highest BCUT2D eigenvalue weighted by atomic mass is 35.5. The van der Waals surface area contributed by atoms with Gasteiger partial charge in [0.05, 0.1) is 10.6 Å². The molecule has 3 nitrogen and oxygen atoms in total. The predicted octanol–water partition coefficient (Wildman–Crippen LogP) is 2.49. The third kappa shape index (κ3) is 1.85. The van der Waals surface area contributed by atoms with Crippen LogP contribution in [0.3, 0.4) is 0 Å². The van der Waals surface area contributed by atoms with Gasteiger partial charge in [-0.25, -0.2) is 4.99 Å². The van der Waals surface area contributed by atoms with E-state index in [1.165, 1.54) is 0 Å². The SMILES string of the molecule is ClCN1CN=C(c2ccccc2Cl)O1. The average molecular weight is 231 g/mol. The summed E-state index contributed by atoms with van der Waals surface area (Å²) in [5, 5.41) is 2.17. The van der Waals surface area contributed by atoms with Crippen LogP contribution in [-0.4, -0.2) is 23.6 Å². The number of alkyl halides is 1. The van der Waals surface area contributed by atoms with Crippen LogP contribution in [0.5, 0.6) is 0 Å². The Hall–Kier alpha value is -0.770. The van der Waals surface area contributed by atoms with Gasteiger partial charge in [0.2, 0.25) is 5.90 Å². The van der Waals surface area contributed by atoms with Gasteiger partial charge in [0.1, 0.15) is 12.7 Å². The fourth-order valence-electron chi connectivity index (χ4n) is 1.15. The Balaban J connectivity index is 2.22. The molecular formula is C9H8Cl2N2O. The lowest BCUT2D eigenvalue weighted by Gasteiger charge is -2.10. The second-order valence-corrected chi connectivity index (χ2v) is 3.42. The van der Waals surface area contributed by atoms with Crippen molar-refractivity contribution in [2.45, 2.75) is 0 Å². The van der Waals surface area contributed by atoms with Crippen LogP contribution in [0.15, 0.2) is 29.3 Å². The lowest BCUT2D eigenvalue weighted by Crippen LogP contribution is -2.19. The van der Waals surface area contributed by atoms with Gasteiger partial charge in [0.15, 0.2) is 0 Å². The Labute approximate surface area is 91.8 Å². The van der Waals surface area contributed by atoms with E-state index in [1.807, 2.05) is 18.2 Å². The first-order valence-corrected chi connectivity index (χ1v) is 5.01. The lowest BCUT2D eigenvalue weighted by molar-refractivity contribution is -0.0290. The largest absolute Gasteiger partial charge is 0.382 e. The minimum absolute atomic E-state index is 0.289. The first-order valence-electron chi connectivity index (χ1n) is 4.09. The number of halogens is 2. The summed E-state index contributed by atoms with van der Waals surface area (Å²) in [4.78, 5) is 9.51. The molecule has 5 heteroatoms. The molecule has 1 aromatic carbocycles. The summed E-state index contributed by atoms with van der Waals surface area (Å²) in [6.45, 7) is 0.448. The van der Waals surface area contributed by atoms with E-state index in [1.54, 1.807) is 11.1 Å². The summed E-state index contributed by atoms with van der Waals surface area (Å²) in [6, 6.07) is 7.69. The van der Waals surface area contributed by atoms with Crippen LogP contribution in [-0.2, 0) is 4.84 Å². The Bertz CT molecular complexity index is 368. The van der Waals surface area contributed by atoms with Crippen molar-refractivity contribution in [3.05, 3.63) is 34.9 Å². The first-order chi connectivity index (χ1) is 6.81. The number of hydrogen-bond acceptors (Lipinski definition) is 3. The molecule has 0 aliphatic carbocycles. The molecule has 0 saturated heterocycles. The molecule has 0 radical (unpaired) electrons. The Kier molecular flexibility index (Phi) is 2.91. The molecule has 0 fully saturated rings. The summed E-state index contributed by atoms with van der Waals surface area (Å²) in [6.07, 6.45) is 0. The zero-order valence-corrected chi connectivity index (χ0v) is 8.79. The molecule has 0 N–H and O–H groups in total. The summed E-state index contributed by atoms with van der Waals surface area (Å²) in [5.74, 6) is 0.524. The van der Waals surface area contributed by atoms with Gasteiger partial charge in [-0.05, 0) is 12.1 Å². The van der Waals surface area contributed by atoms with Crippen LogP contribution in [0.25, 0.3) is 0 Å². The number of hydrogen-bond donors (Lipinski definition) is 0. The molecule has 0 atom stereocenters. The molecule has 2 rings (SSSR count). The molecule has 14 heavy (non-hydrogen) atoms. The third-order valence-corrected chi connectivity index (χ3v) is 2.42. The molecule has 0 bridgehead atoms. The van der Waals surface area contributed by atoms with Crippen molar-refractivity contribution in [2.24, 2.45) is 4.99 Å². The molecular weight excluding hydrogens is 223 g/mol. The average Bonchev–Trinajstić information content (AvgIpc) is 2.67. The topological polar surface area (TPSA) is 24.8 Å². The monoisotopic (exact) mass is 230 g/mol. The highest BCUT2D eigenvalue weighted by Gasteiger charge is 2.19. The smallest absolute Gasteiger partial charge is 0.243 e. The molecule has 0 aromatic heterocycles. The summed E-state index contributed by atoms with van der Waals surface area (Å²) in [7, 11) is 0. The van der Waals surface area contributed by atoms with Crippen LogP contribution < -0.4 is 0 Å². The van der Waals surface area contributed by atoms with Gasteiger partial charge in [-0.3, -0.25) is 0 Å². The quantitative estimate of drug-likeness (QED) is 0.577. The van der Waals surface area contributed by atoms with E-state index < -0.39 is 0 Å². The Morgan fingerprint density at radius 3 is 2.86 bits per heavy atom. The number of nitrogens with zero attached hydrogens (tertiary/aromatic N) is 2. The van der Waals surface area contributed by atoms with Crippen molar-refractivity contribution < 1.29 is 4.84 Å². The Morgan fingerprint density at radius 2 is 2.21 bits per heavy atom. The highest BCUT2D eigenvalue weighted by molar-refractivity contribution is 6.33. The molecule has 1 aliphatic heterocycles. The van der Waals surface area contributed by atoms with Crippen molar-refractivity contribution >= 4 is 29.1 Å². The maximum Gasteiger partial charge on any atom is 0.243 e. The lowest BCUT2D eigenvalue weighted by atomic mass is 10.2. The van der Waals surface area contributed by atoms with Gasteiger partial charge in [0.25, 0.3) is 0 Å². The van der Waals surface area contributed by atoms with E-state index >= 15 is 0 Å². The molecule has 0 saturated carbocycles. The fourth-order valence-corrected chi connectivity index (χ4v) is 1.50. The molecule has 1 heterocycles.